The number of carboxylic acid groups (broad SMARTS) is 1. The lowest BCUT2D eigenvalue weighted by Gasteiger charge is -2.32. The average Bonchev–Trinajstić information content (AvgIpc) is 2.58. The van der Waals surface area contributed by atoms with Gasteiger partial charge in [0.1, 0.15) is 5.54 Å². The minimum atomic E-state index is -2.93. The van der Waals surface area contributed by atoms with Crippen LogP contribution in [0.3, 0.4) is 0 Å². The summed E-state index contributed by atoms with van der Waals surface area (Å²) in [6.45, 7) is 1.87. The Morgan fingerprint density at radius 1 is 1.59 bits per heavy atom. The molecule has 100 valence electrons. The molecular weight excluding hydrogens is 244 g/mol. The molecule has 0 bridgehead atoms. The Morgan fingerprint density at radius 2 is 2.18 bits per heavy atom. The van der Waals surface area contributed by atoms with E-state index in [1.807, 2.05) is 4.90 Å². The Bertz CT molecular complexity index is 395. The normalized spacial score (nSPS) is 26.9. The second-order valence-corrected chi connectivity index (χ2v) is 7.09. The van der Waals surface area contributed by atoms with Gasteiger partial charge in [0.05, 0.1) is 11.5 Å². The average molecular weight is 264 g/mol. The van der Waals surface area contributed by atoms with E-state index < -0.39 is 21.3 Å². The minimum absolute atomic E-state index is 0.0768. The van der Waals surface area contributed by atoms with Crippen LogP contribution < -0.4 is 5.32 Å². The number of likely N-dealkylation sites (N-methyl/N-ethyl adjacent to an activating group) is 2. The van der Waals surface area contributed by atoms with Gasteiger partial charge in [-0.3, -0.25) is 9.69 Å². The molecule has 1 heterocycles. The highest BCUT2D eigenvalue weighted by Gasteiger charge is 2.37. The SMILES string of the molecule is CNC(C)(CN(C)C1CCS(=O)(=O)C1)C(=O)O. The van der Waals surface area contributed by atoms with Crippen LogP contribution in [0.4, 0.5) is 0 Å². The molecule has 17 heavy (non-hydrogen) atoms. The molecule has 0 amide bonds. The van der Waals surface area contributed by atoms with Gasteiger partial charge in [0.2, 0.25) is 0 Å². The van der Waals surface area contributed by atoms with Gasteiger partial charge in [0.15, 0.2) is 9.84 Å². The quantitative estimate of drug-likeness (QED) is 0.674. The minimum Gasteiger partial charge on any atom is -0.480 e. The van der Waals surface area contributed by atoms with Crippen molar-refractivity contribution in [3.05, 3.63) is 0 Å². The highest BCUT2D eigenvalue weighted by molar-refractivity contribution is 7.91. The van der Waals surface area contributed by atoms with Crippen molar-refractivity contribution in [2.75, 3.05) is 32.1 Å². The number of sulfone groups is 1. The van der Waals surface area contributed by atoms with Gasteiger partial charge in [0.25, 0.3) is 0 Å². The third-order valence-corrected chi connectivity index (χ3v) is 5.17. The number of aliphatic carboxylic acids is 1. The first-order valence-corrected chi connectivity index (χ1v) is 7.35. The van der Waals surface area contributed by atoms with Crippen LogP contribution in [-0.4, -0.2) is 68.1 Å². The van der Waals surface area contributed by atoms with Crippen molar-refractivity contribution in [1.82, 2.24) is 10.2 Å². The molecule has 2 atom stereocenters. The number of carbonyl (C=O) groups is 1. The number of rotatable bonds is 5. The number of hydrogen-bond acceptors (Lipinski definition) is 5. The van der Waals surface area contributed by atoms with E-state index in [-0.39, 0.29) is 24.1 Å². The molecule has 0 radical (unpaired) electrons. The first-order valence-electron chi connectivity index (χ1n) is 5.53. The van der Waals surface area contributed by atoms with Gasteiger partial charge in [0, 0.05) is 12.6 Å². The van der Waals surface area contributed by atoms with Crippen molar-refractivity contribution >= 4 is 15.8 Å². The maximum absolute atomic E-state index is 11.4. The van der Waals surface area contributed by atoms with Crippen LogP contribution >= 0.6 is 0 Å². The maximum Gasteiger partial charge on any atom is 0.324 e. The predicted octanol–water partition coefficient (Wildman–Crippen LogP) is -0.832. The molecule has 0 saturated carbocycles. The van der Waals surface area contributed by atoms with Crippen LogP contribution in [0.15, 0.2) is 0 Å². The number of nitrogens with one attached hydrogen (secondary N) is 1. The van der Waals surface area contributed by atoms with Crippen LogP contribution in [0.5, 0.6) is 0 Å². The molecule has 1 fully saturated rings. The topological polar surface area (TPSA) is 86.7 Å². The van der Waals surface area contributed by atoms with E-state index in [1.54, 1.807) is 21.0 Å². The van der Waals surface area contributed by atoms with Gasteiger partial charge in [-0.25, -0.2) is 8.42 Å². The predicted molar refractivity (Wildman–Crippen MR) is 64.8 cm³/mol. The van der Waals surface area contributed by atoms with E-state index in [4.69, 9.17) is 5.11 Å². The smallest absolute Gasteiger partial charge is 0.324 e. The summed E-state index contributed by atoms with van der Waals surface area (Å²) in [5.41, 5.74) is -1.05. The Labute approximate surface area is 102 Å². The third-order valence-electron chi connectivity index (χ3n) is 3.42. The van der Waals surface area contributed by atoms with Crippen molar-refractivity contribution in [3.8, 4) is 0 Å². The molecule has 6 nitrogen and oxygen atoms in total. The summed E-state index contributed by atoms with van der Waals surface area (Å²) in [6, 6.07) is -0.0768. The number of hydrogen-bond donors (Lipinski definition) is 2. The molecule has 7 heteroatoms. The van der Waals surface area contributed by atoms with Gasteiger partial charge in [-0.15, -0.1) is 0 Å². The summed E-state index contributed by atoms with van der Waals surface area (Å²) in [4.78, 5) is 12.9. The molecule has 2 N–H and O–H groups in total. The fourth-order valence-electron chi connectivity index (χ4n) is 2.00. The Balaban J connectivity index is 2.66. The fourth-order valence-corrected chi connectivity index (χ4v) is 3.81. The van der Waals surface area contributed by atoms with E-state index in [1.165, 1.54) is 0 Å². The van der Waals surface area contributed by atoms with Crippen molar-refractivity contribution < 1.29 is 18.3 Å². The molecule has 1 rings (SSSR count). The van der Waals surface area contributed by atoms with Crippen molar-refractivity contribution in [3.63, 3.8) is 0 Å². The van der Waals surface area contributed by atoms with Crippen molar-refractivity contribution in [2.45, 2.75) is 24.9 Å². The van der Waals surface area contributed by atoms with Crippen LogP contribution in [0.25, 0.3) is 0 Å². The first-order chi connectivity index (χ1) is 7.70. The highest BCUT2D eigenvalue weighted by atomic mass is 32.2. The molecular formula is C10H20N2O4S. The first kappa shape index (κ1) is 14.4. The van der Waals surface area contributed by atoms with Crippen LogP contribution in [0.2, 0.25) is 0 Å². The Morgan fingerprint density at radius 3 is 2.53 bits per heavy atom. The van der Waals surface area contributed by atoms with Crippen molar-refractivity contribution in [2.24, 2.45) is 0 Å². The zero-order valence-corrected chi connectivity index (χ0v) is 11.2. The highest BCUT2D eigenvalue weighted by Crippen LogP contribution is 2.18. The lowest BCUT2D eigenvalue weighted by Crippen LogP contribution is -2.56. The van der Waals surface area contributed by atoms with E-state index in [9.17, 15) is 13.2 Å². The van der Waals surface area contributed by atoms with Crippen LogP contribution in [0, 0.1) is 0 Å². The molecule has 1 aliphatic rings. The van der Waals surface area contributed by atoms with Crippen molar-refractivity contribution in [1.29, 1.82) is 0 Å². The zero-order valence-electron chi connectivity index (χ0n) is 10.4. The summed E-state index contributed by atoms with van der Waals surface area (Å²) in [6.07, 6.45) is 0.582. The number of nitrogens with zero attached hydrogens (tertiary/aromatic N) is 1. The summed E-state index contributed by atoms with van der Waals surface area (Å²) in [7, 11) is 0.426. The lowest BCUT2D eigenvalue weighted by molar-refractivity contribution is -0.144. The van der Waals surface area contributed by atoms with Gasteiger partial charge < -0.3 is 10.4 Å². The standard InChI is InChI=1S/C10H20N2O4S/c1-10(11-2,9(13)14)7-12(3)8-4-5-17(15,16)6-8/h8,11H,4-7H2,1-3H3,(H,13,14). The molecule has 0 aromatic rings. The third kappa shape index (κ3) is 3.40. The number of carboxylic acids is 1. The fraction of sp³-hybridized carbons (Fsp3) is 0.900. The molecule has 1 saturated heterocycles. The van der Waals surface area contributed by atoms with Crippen LogP contribution in [-0.2, 0) is 14.6 Å². The van der Waals surface area contributed by atoms with Gasteiger partial charge in [-0.2, -0.15) is 0 Å². The van der Waals surface area contributed by atoms with E-state index in [0.717, 1.165) is 0 Å². The summed E-state index contributed by atoms with van der Waals surface area (Å²) in [5.74, 6) is -0.610. The molecule has 0 aromatic carbocycles. The molecule has 2 unspecified atom stereocenters. The summed E-state index contributed by atoms with van der Waals surface area (Å²) >= 11 is 0. The van der Waals surface area contributed by atoms with Gasteiger partial charge in [-0.05, 0) is 27.4 Å². The second-order valence-electron chi connectivity index (χ2n) is 4.86. The summed E-state index contributed by atoms with van der Waals surface area (Å²) < 4.78 is 22.7. The Hall–Kier alpha value is -0.660. The van der Waals surface area contributed by atoms with Crippen LogP contribution in [0.1, 0.15) is 13.3 Å². The molecule has 0 spiro atoms. The molecule has 0 aliphatic carbocycles. The maximum atomic E-state index is 11.4. The second kappa shape index (κ2) is 4.91. The Kier molecular flexibility index (Phi) is 4.16. The van der Waals surface area contributed by atoms with E-state index in [2.05, 4.69) is 5.32 Å². The summed E-state index contributed by atoms with van der Waals surface area (Å²) in [5, 5.41) is 11.9. The zero-order chi connectivity index (χ0) is 13.3. The largest absolute Gasteiger partial charge is 0.480 e. The van der Waals surface area contributed by atoms with E-state index in [0.29, 0.717) is 6.42 Å². The van der Waals surface area contributed by atoms with Gasteiger partial charge in [-0.1, -0.05) is 0 Å². The molecule has 0 aromatic heterocycles. The lowest BCUT2D eigenvalue weighted by atomic mass is 10.0. The van der Waals surface area contributed by atoms with Gasteiger partial charge >= 0.3 is 5.97 Å². The monoisotopic (exact) mass is 264 g/mol. The molecule has 1 aliphatic heterocycles. The van der Waals surface area contributed by atoms with E-state index >= 15 is 0 Å².